The van der Waals surface area contributed by atoms with E-state index < -0.39 is 5.63 Å². The number of aryl methyl sites for hydroxylation is 1. The normalized spacial score (nSPS) is 10.6. The Balaban J connectivity index is 1.61. The summed E-state index contributed by atoms with van der Waals surface area (Å²) in [5, 5.41) is 3.39. The molecule has 1 N–H and O–H groups in total. The van der Waals surface area contributed by atoms with Gasteiger partial charge in [0, 0.05) is 29.6 Å². The van der Waals surface area contributed by atoms with E-state index in [-0.39, 0.29) is 24.9 Å². The highest BCUT2D eigenvalue weighted by Gasteiger charge is 2.07. The minimum absolute atomic E-state index is 0.0840. The van der Waals surface area contributed by atoms with Crippen LogP contribution in [0.2, 0.25) is 0 Å². The van der Waals surface area contributed by atoms with Crippen LogP contribution >= 0.6 is 0 Å². The van der Waals surface area contributed by atoms with E-state index in [9.17, 15) is 14.0 Å². The Morgan fingerprint density at radius 1 is 1.20 bits per heavy atom. The van der Waals surface area contributed by atoms with E-state index in [0.717, 1.165) is 10.9 Å². The zero-order chi connectivity index (χ0) is 17.8. The summed E-state index contributed by atoms with van der Waals surface area (Å²) in [5.74, 6) is -0.347. The maximum absolute atomic E-state index is 13.5. The van der Waals surface area contributed by atoms with Gasteiger partial charge in [-0.05, 0) is 30.7 Å². The van der Waals surface area contributed by atoms with Crippen LogP contribution in [-0.4, -0.2) is 12.5 Å². The number of carbonyl (C=O) groups is 1. The zero-order valence-corrected chi connectivity index (χ0v) is 13.5. The van der Waals surface area contributed by atoms with Gasteiger partial charge in [-0.2, -0.15) is 0 Å². The summed E-state index contributed by atoms with van der Waals surface area (Å²) in [6.07, 6.45) is 0. The molecule has 5 nitrogen and oxygen atoms in total. The first kappa shape index (κ1) is 16.7. The van der Waals surface area contributed by atoms with Gasteiger partial charge in [-0.15, -0.1) is 0 Å². The van der Waals surface area contributed by atoms with Crippen molar-refractivity contribution >= 4 is 16.9 Å². The topological polar surface area (TPSA) is 68.5 Å². The summed E-state index contributed by atoms with van der Waals surface area (Å²) < 4.78 is 24.0. The van der Waals surface area contributed by atoms with Crippen LogP contribution in [0.4, 0.5) is 4.39 Å². The van der Waals surface area contributed by atoms with Crippen molar-refractivity contribution in [3.63, 3.8) is 0 Å². The fourth-order valence-corrected chi connectivity index (χ4v) is 2.43. The monoisotopic (exact) mass is 341 g/mol. The SMILES string of the molecule is Cc1cc(=O)oc2cc(OCC(=O)NCc3ccccc3F)ccc12. The molecule has 0 bridgehead atoms. The van der Waals surface area contributed by atoms with E-state index >= 15 is 0 Å². The van der Waals surface area contributed by atoms with Crippen LogP contribution in [0.5, 0.6) is 5.75 Å². The van der Waals surface area contributed by atoms with Crippen molar-refractivity contribution < 1.29 is 18.3 Å². The maximum atomic E-state index is 13.5. The second kappa shape index (κ2) is 7.17. The molecular formula is C19H16FNO4. The third kappa shape index (κ3) is 4.03. The number of carbonyl (C=O) groups excluding carboxylic acids is 1. The van der Waals surface area contributed by atoms with Crippen LogP contribution in [0.25, 0.3) is 11.0 Å². The molecule has 0 saturated carbocycles. The highest BCUT2D eigenvalue weighted by atomic mass is 19.1. The third-order valence-electron chi connectivity index (χ3n) is 3.73. The van der Waals surface area contributed by atoms with Crippen LogP contribution in [0.1, 0.15) is 11.1 Å². The van der Waals surface area contributed by atoms with Gasteiger partial charge in [-0.1, -0.05) is 18.2 Å². The highest BCUT2D eigenvalue weighted by molar-refractivity contribution is 5.81. The summed E-state index contributed by atoms with van der Waals surface area (Å²) in [7, 11) is 0. The van der Waals surface area contributed by atoms with Crippen molar-refractivity contribution in [2.24, 2.45) is 0 Å². The molecule has 0 fully saturated rings. The summed E-state index contributed by atoms with van der Waals surface area (Å²) in [6, 6.07) is 12.7. The first-order valence-corrected chi connectivity index (χ1v) is 7.70. The number of benzene rings is 2. The molecular weight excluding hydrogens is 325 g/mol. The van der Waals surface area contributed by atoms with E-state index in [2.05, 4.69) is 5.32 Å². The predicted molar refractivity (Wildman–Crippen MR) is 91.0 cm³/mol. The summed E-state index contributed by atoms with van der Waals surface area (Å²) >= 11 is 0. The van der Waals surface area contributed by atoms with E-state index in [4.69, 9.17) is 9.15 Å². The lowest BCUT2D eigenvalue weighted by Crippen LogP contribution is -2.28. The number of fused-ring (bicyclic) bond motifs is 1. The molecule has 0 aliphatic heterocycles. The Bertz CT molecular complexity index is 981. The van der Waals surface area contributed by atoms with E-state index in [1.165, 1.54) is 12.1 Å². The Morgan fingerprint density at radius 3 is 2.80 bits per heavy atom. The molecule has 0 atom stereocenters. The van der Waals surface area contributed by atoms with Gasteiger partial charge in [0.05, 0.1) is 0 Å². The van der Waals surface area contributed by atoms with Crippen LogP contribution < -0.4 is 15.7 Å². The summed E-state index contributed by atoms with van der Waals surface area (Å²) in [6.45, 7) is 1.67. The van der Waals surface area contributed by atoms with Gasteiger partial charge in [0.2, 0.25) is 0 Å². The molecule has 25 heavy (non-hydrogen) atoms. The van der Waals surface area contributed by atoms with Gasteiger partial charge < -0.3 is 14.5 Å². The van der Waals surface area contributed by atoms with E-state index in [1.54, 1.807) is 36.4 Å². The van der Waals surface area contributed by atoms with Gasteiger partial charge in [0.25, 0.3) is 5.91 Å². The first-order chi connectivity index (χ1) is 12.0. The second-order valence-corrected chi connectivity index (χ2v) is 5.56. The Kier molecular flexibility index (Phi) is 4.79. The first-order valence-electron chi connectivity index (χ1n) is 7.70. The van der Waals surface area contributed by atoms with Gasteiger partial charge >= 0.3 is 5.63 Å². The van der Waals surface area contributed by atoms with Crippen molar-refractivity contribution in [1.29, 1.82) is 0 Å². The van der Waals surface area contributed by atoms with Crippen molar-refractivity contribution in [3.05, 3.63) is 75.9 Å². The van der Waals surface area contributed by atoms with Crippen LogP contribution in [0, 0.1) is 12.7 Å². The molecule has 128 valence electrons. The van der Waals surface area contributed by atoms with Crippen molar-refractivity contribution in [3.8, 4) is 5.75 Å². The number of halogens is 1. The number of hydrogen-bond acceptors (Lipinski definition) is 4. The third-order valence-corrected chi connectivity index (χ3v) is 3.73. The van der Waals surface area contributed by atoms with Gasteiger partial charge in [-0.3, -0.25) is 4.79 Å². The van der Waals surface area contributed by atoms with Gasteiger partial charge in [0.1, 0.15) is 17.1 Å². The quantitative estimate of drug-likeness (QED) is 0.725. The molecule has 0 aliphatic carbocycles. The zero-order valence-electron chi connectivity index (χ0n) is 13.5. The predicted octanol–water partition coefficient (Wildman–Crippen LogP) is 2.94. The number of ether oxygens (including phenoxy) is 1. The number of amides is 1. The van der Waals surface area contributed by atoms with Gasteiger partial charge in [-0.25, -0.2) is 9.18 Å². The molecule has 1 amide bonds. The molecule has 3 rings (SSSR count). The average Bonchev–Trinajstić information content (AvgIpc) is 2.58. The fourth-order valence-electron chi connectivity index (χ4n) is 2.43. The Morgan fingerprint density at radius 2 is 2.00 bits per heavy atom. The Labute approximate surface area is 143 Å². The molecule has 0 radical (unpaired) electrons. The average molecular weight is 341 g/mol. The van der Waals surface area contributed by atoms with Crippen molar-refractivity contribution in [2.75, 3.05) is 6.61 Å². The van der Waals surface area contributed by atoms with Gasteiger partial charge in [0.15, 0.2) is 6.61 Å². The number of rotatable bonds is 5. The second-order valence-electron chi connectivity index (χ2n) is 5.56. The molecule has 6 heteroatoms. The Hall–Kier alpha value is -3.15. The minimum Gasteiger partial charge on any atom is -0.484 e. The van der Waals surface area contributed by atoms with Crippen molar-refractivity contribution in [2.45, 2.75) is 13.5 Å². The summed E-state index contributed by atoms with van der Waals surface area (Å²) in [4.78, 5) is 23.3. The standard InChI is InChI=1S/C19H16FNO4/c1-12-8-19(23)25-17-9-14(6-7-15(12)17)24-11-18(22)21-10-13-4-2-3-5-16(13)20/h2-9H,10-11H2,1H3,(H,21,22). The molecule has 3 aromatic rings. The summed E-state index contributed by atoms with van der Waals surface area (Å²) in [5.41, 5.74) is 1.17. The smallest absolute Gasteiger partial charge is 0.336 e. The maximum Gasteiger partial charge on any atom is 0.336 e. The van der Waals surface area contributed by atoms with Crippen LogP contribution in [0.3, 0.4) is 0 Å². The molecule has 0 saturated heterocycles. The number of nitrogens with one attached hydrogen (secondary N) is 1. The lowest BCUT2D eigenvalue weighted by Gasteiger charge is -2.09. The lowest BCUT2D eigenvalue weighted by atomic mass is 10.1. The van der Waals surface area contributed by atoms with E-state index in [1.807, 2.05) is 6.92 Å². The molecule has 0 unspecified atom stereocenters. The fraction of sp³-hybridized carbons (Fsp3) is 0.158. The lowest BCUT2D eigenvalue weighted by molar-refractivity contribution is -0.123. The minimum atomic E-state index is -0.440. The van der Waals surface area contributed by atoms with E-state index in [0.29, 0.717) is 16.9 Å². The molecule has 2 aromatic carbocycles. The van der Waals surface area contributed by atoms with Crippen molar-refractivity contribution in [1.82, 2.24) is 5.32 Å². The van der Waals surface area contributed by atoms with Crippen LogP contribution in [-0.2, 0) is 11.3 Å². The molecule has 1 heterocycles. The molecule has 1 aromatic heterocycles. The molecule has 0 spiro atoms. The van der Waals surface area contributed by atoms with Crippen LogP contribution in [0.15, 0.2) is 57.7 Å². The largest absolute Gasteiger partial charge is 0.484 e. The molecule has 0 aliphatic rings. The highest BCUT2D eigenvalue weighted by Crippen LogP contribution is 2.22. The number of hydrogen-bond donors (Lipinski definition) is 1.